The van der Waals surface area contributed by atoms with Gasteiger partial charge in [-0.05, 0) is 26.0 Å². The molecule has 2 heterocycles. The first-order chi connectivity index (χ1) is 15.8. The Labute approximate surface area is 199 Å². The molecule has 8 heteroatoms. The summed E-state index contributed by atoms with van der Waals surface area (Å²) in [6, 6.07) is 14.0. The molecule has 0 radical (unpaired) electrons. The molecule has 0 spiro atoms. The molecule has 0 saturated heterocycles. The summed E-state index contributed by atoms with van der Waals surface area (Å²) in [5, 5.41) is 8.31. The monoisotopic (exact) mass is 485 g/mol. The second-order valence-electron chi connectivity index (χ2n) is 8.56. The fourth-order valence-corrected chi connectivity index (χ4v) is 4.62. The fourth-order valence-electron chi connectivity index (χ4n) is 4.17. The number of para-hydroxylation sites is 2. The third-order valence-corrected chi connectivity index (χ3v) is 6.29. The van der Waals surface area contributed by atoms with Crippen molar-refractivity contribution in [1.29, 1.82) is 0 Å². The second-order valence-corrected chi connectivity index (χ2v) is 9.34. The van der Waals surface area contributed by atoms with E-state index >= 15 is 8.78 Å². The van der Waals surface area contributed by atoms with Gasteiger partial charge in [-0.1, -0.05) is 64.8 Å². The molecule has 2 N–H and O–H groups in total. The van der Waals surface area contributed by atoms with E-state index < -0.39 is 17.2 Å². The van der Waals surface area contributed by atoms with Crippen LogP contribution in [0.25, 0.3) is 22.0 Å². The van der Waals surface area contributed by atoms with Crippen LogP contribution < -0.4 is 10.2 Å². The molecular weight excluding hydrogens is 467 g/mol. The van der Waals surface area contributed by atoms with Crippen molar-refractivity contribution in [1.82, 2.24) is 4.98 Å². The van der Waals surface area contributed by atoms with Gasteiger partial charge in [0.1, 0.15) is 10.8 Å². The van der Waals surface area contributed by atoms with Crippen LogP contribution in [-0.4, -0.2) is 16.2 Å². The maximum Gasteiger partial charge on any atom is 0.157 e. The van der Waals surface area contributed by atoms with Crippen molar-refractivity contribution in [3.8, 4) is 16.9 Å². The van der Waals surface area contributed by atoms with Gasteiger partial charge in [-0.3, -0.25) is 0 Å². The molecule has 3 aromatic carbocycles. The lowest BCUT2D eigenvalue weighted by atomic mass is 9.85. The number of nitrogens with one attached hydrogen (secondary N) is 2. The molecule has 168 valence electrons. The first-order valence-corrected chi connectivity index (χ1v) is 11.1. The Bertz CT molecular complexity index is 1410. The molecule has 0 saturated carbocycles. The minimum atomic E-state index is -0.861. The number of rotatable bonds is 3. The quantitative estimate of drug-likeness (QED) is 0.229. The number of aromatic nitrogens is 1. The molecule has 0 bridgehead atoms. The SMILES string of the molecule is CC1(C)C/C(=N\Oc2ccccc2)c2c(F)c(-c3cccc4c(Cl)c[nH]c34)c(F)c(Cl)c2N1. The average Bonchev–Trinajstić information content (AvgIpc) is 3.17. The second kappa shape index (κ2) is 8.04. The van der Waals surface area contributed by atoms with Crippen LogP contribution >= 0.6 is 23.2 Å². The number of H-pyrrole nitrogens is 1. The Morgan fingerprint density at radius 3 is 2.48 bits per heavy atom. The highest BCUT2D eigenvalue weighted by atomic mass is 35.5. The average molecular weight is 486 g/mol. The molecular formula is C25H19Cl2F2N3O. The number of halogens is 4. The number of anilines is 1. The van der Waals surface area contributed by atoms with E-state index in [0.29, 0.717) is 39.4 Å². The van der Waals surface area contributed by atoms with Crippen LogP contribution in [0, 0.1) is 11.6 Å². The zero-order valence-electron chi connectivity index (χ0n) is 17.8. The van der Waals surface area contributed by atoms with E-state index in [2.05, 4.69) is 15.5 Å². The van der Waals surface area contributed by atoms with Crippen molar-refractivity contribution in [3.63, 3.8) is 0 Å². The Kier molecular flexibility index (Phi) is 5.30. The molecule has 1 aromatic heterocycles. The van der Waals surface area contributed by atoms with Gasteiger partial charge in [0.15, 0.2) is 11.6 Å². The predicted octanol–water partition coefficient (Wildman–Crippen LogP) is 7.80. The Morgan fingerprint density at radius 1 is 0.970 bits per heavy atom. The molecule has 5 rings (SSSR count). The van der Waals surface area contributed by atoms with Gasteiger partial charge in [0.25, 0.3) is 0 Å². The van der Waals surface area contributed by atoms with Crippen LogP contribution in [0.15, 0.2) is 59.9 Å². The Morgan fingerprint density at radius 2 is 1.73 bits per heavy atom. The molecule has 0 amide bonds. The summed E-state index contributed by atoms with van der Waals surface area (Å²) in [6.07, 6.45) is 1.92. The van der Waals surface area contributed by atoms with Crippen LogP contribution in [0.2, 0.25) is 10.0 Å². The van der Waals surface area contributed by atoms with Gasteiger partial charge in [0.05, 0.1) is 33.1 Å². The van der Waals surface area contributed by atoms with Gasteiger partial charge in [0.2, 0.25) is 0 Å². The third-order valence-electron chi connectivity index (χ3n) is 5.62. The molecule has 0 aliphatic carbocycles. The van der Waals surface area contributed by atoms with E-state index in [-0.39, 0.29) is 21.8 Å². The lowest BCUT2D eigenvalue weighted by molar-refractivity contribution is 0.338. The standard InChI is InChI=1S/C25H19Cl2F2N3O/c1-25(2)11-17(32-33-13-7-4-3-5-8-13)19-21(28)18(22(29)20(27)24(19)31-25)15-10-6-9-14-16(26)12-30-23(14)15/h3-10,12,30-31H,11H2,1-2H3/b32-17+. The molecule has 0 unspecified atom stereocenters. The zero-order valence-corrected chi connectivity index (χ0v) is 19.3. The highest BCUT2D eigenvalue weighted by molar-refractivity contribution is 6.36. The van der Waals surface area contributed by atoms with Crippen LogP contribution in [0.4, 0.5) is 14.5 Å². The van der Waals surface area contributed by atoms with Crippen molar-refractivity contribution in [2.75, 3.05) is 5.32 Å². The summed E-state index contributed by atoms with van der Waals surface area (Å²) in [7, 11) is 0. The highest BCUT2D eigenvalue weighted by Crippen LogP contribution is 2.45. The highest BCUT2D eigenvalue weighted by Gasteiger charge is 2.37. The van der Waals surface area contributed by atoms with E-state index in [1.54, 1.807) is 36.5 Å². The van der Waals surface area contributed by atoms with Gasteiger partial charge >= 0.3 is 0 Å². The molecule has 4 aromatic rings. The number of fused-ring (bicyclic) bond motifs is 2. The van der Waals surface area contributed by atoms with Crippen LogP contribution in [0.5, 0.6) is 5.75 Å². The molecule has 1 aliphatic heterocycles. The summed E-state index contributed by atoms with van der Waals surface area (Å²) in [6.45, 7) is 3.80. The predicted molar refractivity (Wildman–Crippen MR) is 130 cm³/mol. The first-order valence-electron chi connectivity index (χ1n) is 10.3. The van der Waals surface area contributed by atoms with Crippen LogP contribution in [0.3, 0.4) is 0 Å². The van der Waals surface area contributed by atoms with Gasteiger partial charge in [0, 0.05) is 29.1 Å². The largest absolute Gasteiger partial charge is 0.378 e. The van der Waals surface area contributed by atoms with Gasteiger partial charge in [-0.2, -0.15) is 0 Å². The molecule has 1 aliphatic rings. The van der Waals surface area contributed by atoms with Crippen molar-refractivity contribution in [3.05, 3.63) is 82.0 Å². The lowest BCUT2D eigenvalue weighted by Gasteiger charge is -2.35. The number of hydrogen-bond acceptors (Lipinski definition) is 3. The van der Waals surface area contributed by atoms with Crippen LogP contribution in [0.1, 0.15) is 25.8 Å². The molecule has 0 fully saturated rings. The number of oxime groups is 1. The Balaban J connectivity index is 1.75. The molecule has 4 nitrogen and oxygen atoms in total. The van der Waals surface area contributed by atoms with Gasteiger partial charge in [-0.25, -0.2) is 8.78 Å². The van der Waals surface area contributed by atoms with Gasteiger partial charge < -0.3 is 15.1 Å². The lowest BCUT2D eigenvalue weighted by Crippen LogP contribution is -2.39. The van der Waals surface area contributed by atoms with Crippen molar-refractivity contribution in [2.45, 2.75) is 25.8 Å². The van der Waals surface area contributed by atoms with E-state index in [0.717, 1.165) is 0 Å². The Hall–Kier alpha value is -3.09. The minimum absolute atomic E-state index is 0.0845. The van der Waals surface area contributed by atoms with Crippen molar-refractivity contribution in [2.24, 2.45) is 5.16 Å². The van der Waals surface area contributed by atoms with Gasteiger partial charge in [-0.15, -0.1) is 0 Å². The number of aromatic amines is 1. The van der Waals surface area contributed by atoms with Crippen molar-refractivity contribution < 1.29 is 13.6 Å². The summed E-state index contributed by atoms with van der Waals surface area (Å²) in [4.78, 5) is 8.57. The minimum Gasteiger partial charge on any atom is -0.378 e. The summed E-state index contributed by atoms with van der Waals surface area (Å²) in [5.74, 6) is -1.13. The van der Waals surface area contributed by atoms with E-state index in [4.69, 9.17) is 28.0 Å². The molecule has 33 heavy (non-hydrogen) atoms. The smallest absolute Gasteiger partial charge is 0.157 e. The first kappa shape index (κ1) is 21.7. The summed E-state index contributed by atoms with van der Waals surface area (Å²) in [5.41, 5.74) is 0.585. The number of benzene rings is 3. The topological polar surface area (TPSA) is 49.4 Å². The molecule has 0 atom stereocenters. The normalized spacial score (nSPS) is 16.0. The van der Waals surface area contributed by atoms with E-state index in [1.807, 2.05) is 32.0 Å². The van der Waals surface area contributed by atoms with Crippen molar-refractivity contribution >= 4 is 45.5 Å². The third kappa shape index (κ3) is 3.73. The maximum absolute atomic E-state index is 16.1. The zero-order chi connectivity index (χ0) is 23.3. The van der Waals surface area contributed by atoms with Crippen LogP contribution in [-0.2, 0) is 0 Å². The fraction of sp³-hybridized carbons (Fsp3) is 0.160. The number of hydrogen-bond donors (Lipinski definition) is 2. The summed E-state index contributed by atoms with van der Waals surface area (Å²) >= 11 is 12.7. The maximum atomic E-state index is 16.1. The van der Waals surface area contributed by atoms with E-state index in [1.165, 1.54) is 0 Å². The summed E-state index contributed by atoms with van der Waals surface area (Å²) < 4.78 is 31.7. The number of nitrogens with zero attached hydrogens (tertiary/aromatic N) is 1. The van der Waals surface area contributed by atoms with E-state index in [9.17, 15) is 0 Å².